The molecule has 17 heavy (non-hydrogen) atoms. The van der Waals surface area contributed by atoms with E-state index < -0.39 is 0 Å². The number of nitrogens with zero attached hydrogens (tertiary/aromatic N) is 4. The monoisotopic (exact) mass is 231 g/mol. The Morgan fingerprint density at radius 2 is 2.00 bits per heavy atom. The minimum absolute atomic E-state index is 0.878. The van der Waals surface area contributed by atoms with Gasteiger partial charge in [-0.3, -0.25) is 4.57 Å². The highest BCUT2D eigenvalue weighted by atomic mass is 15.1. The van der Waals surface area contributed by atoms with Gasteiger partial charge in [-0.15, -0.1) is 0 Å². The summed E-state index contributed by atoms with van der Waals surface area (Å²) in [5, 5.41) is 3.10. The number of nitrogens with one attached hydrogen (secondary N) is 1. The summed E-state index contributed by atoms with van der Waals surface area (Å²) in [5.41, 5.74) is 3.24. The van der Waals surface area contributed by atoms with Crippen LogP contribution < -0.4 is 5.32 Å². The molecule has 0 saturated carbocycles. The summed E-state index contributed by atoms with van der Waals surface area (Å²) >= 11 is 0. The summed E-state index contributed by atoms with van der Waals surface area (Å²) in [7, 11) is 1.87. The molecule has 2 aromatic heterocycles. The first kappa shape index (κ1) is 11.6. The molecule has 2 rings (SSSR count). The SMILES string of the molecule is CCc1c(NC)ncnc1-n1cnc(C)c1C. The molecule has 0 unspecified atom stereocenters. The summed E-state index contributed by atoms with van der Waals surface area (Å²) in [6.07, 6.45) is 4.27. The number of aromatic nitrogens is 4. The molecule has 0 aliphatic heterocycles. The lowest BCUT2D eigenvalue weighted by Crippen LogP contribution is -2.08. The molecule has 0 aromatic carbocycles. The summed E-state index contributed by atoms with van der Waals surface area (Å²) in [4.78, 5) is 12.9. The Morgan fingerprint density at radius 3 is 2.53 bits per heavy atom. The van der Waals surface area contributed by atoms with Crippen molar-refractivity contribution >= 4 is 5.82 Å². The van der Waals surface area contributed by atoms with Crippen LogP contribution in [0.1, 0.15) is 23.9 Å². The molecule has 0 saturated heterocycles. The Kier molecular flexibility index (Phi) is 3.08. The van der Waals surface area contributed by atoms with E-state index in [-0.39, 0.29) is 0 Å². The molecule has 0 spiro atoms. The lowest BCUT2D eigenvalue weighted by molar-refractivity contribution is 0.897. The van der Waals surface area contributed by atoms with E-state index in [1.54, 1.807) is 6.33 Å². The van der Waals surface area contributed by atoms with E-state index in [1.807, 2.05) is 31.8 Å². The van der Waals surface area contributed by atoms with Crippen LogP contribution in [0.15, 0.2) is 12.7 Å². The van der Waals surface area contributed by atoms with Crippen LogP contribution in [0.5, 0.6) is 0 Å². The summed E-state index contributed by atoms with van der Waals surface area (Å²) < 4.78 is 2.01. The van der Waals surface area contributed by atoms with Gasteiger partial charge in [-0.1, -0.05) is 6.92 Å². The van der Waals surface area contributed by atoms with E-state index in [9.17, 15) is 0 Å². The Balaban J connectivity index is 2.63. The van der Waals surface area contributed by atoms with E-state index >= 15 is 0 Å². The average molecular weight is 231 g/mol. The van der Waals surface area contributed by atoms with E-state index in [0.717, 1.165) is 35.0 Å². The third-order valence-corrected chi connectivity index (χ3v) is 2.99. The molecule has 0 bridgehead atoms. The van der Waals surface area contributed by atoms with Crippen molar-refractivity contribution in [1.29, 1.82) is 0 Å². The maximum atomic E-state index is 4.37. The van der Waals surface area contributed by atoms with Crippen molar-refractivity contribution in [2.75, 3.05) is 12.4 Å². The first-order valence-corrected chi connectivity index (χ1v) is 5.71. The minimum atomic E-state index is 0.878. The van der Waals surface area contributed by atoms with Crippen molar-refractivity contribution in [1.82, 2.24) is 19.5 Å². The van der Waals surface area contributed by atoms with Crippen molar-refractivity contribution in [2.24, 2.45) is 0 Å². The highest BCUT2D eigenvalue weighted by molar-refractivity contribution is 5.52. The normalized spacial score (nSPS) is 10.6. The van der Waals surface area contributed by atoms with Crippen molar-refractivity contribution in [3.8, 4) is 5.82 Å². The van der Waals surface area contributed by atoms with E-state index in [0.29, 0.717) is 0 Å². The van der Waals surface area contributed by atoms with Gasteiger partial charge in [-0.2, -0.15) is 0 Å². The maximum Gasteiger partial charge on any atom is 0.146 e. The van der Waals surface area contributed by atoms with Gasteiger partial charge in [0.05, 0.1) is 5.69 Å². The second-order valence-corrected chi connectivity index (χ2v) is 3.91. The zero-order valence-electron chi connectivity index (χ0n) is 10.7. The van der Waals surface area contributed by atoms with Gasteiger partial charge in [0.15, 0.2) is 0 Å². The molecule has 2 heterocycles. The molecule has 2 aromatic rings. The van der Waals surface area contributed by atoms with Crippen LogP contribution in [0.2, 0.25) is 0 Å². The molecular formula is C12H17N5. The van der Waals surface area contributed by atoms with Crippen LogP contribution in [-0.2, 0) is 6.42 Å². The molecule has 0 fully saturated rings. The lowest BCUT2D eigenvalue weighted by Gasteiger charge is -2.12. The molecule has 0 atom stereocenters. The van der Waals surface area contributed by atoms with Gasteiger partial charge >= 0.3 is 0 Å². The lowest BCUT2D eigenvalue weighted by atomic mass is 10.2. The van der Waals surface area contributed by atoms with Gasteiger partial charge < -0.3 is 5.32 Å². The number of hydrogen-bond acceptors (Lipinski definition) is 4. The zero-order chi connectivity index (χ0) is 12.4. The standard InChI is InChI=1S/C12H17N5/c1-5-10-11(13-4)14-6-15-12(10)17-7-16-8(2)9(17)3/h6-7H,5H2,1-4H3,(H,13,14,15). The predicted molar refractivity (Wildman–Crippen MR) is 67.6 cm³/mol. The molecule has 90 valence electrons. The Morgan fingerprint density at radius 1 is 1.24 bits per heavy atom. The second kappa shape index (κ2) is 4.53. The van der Waals surface area contributed by atoms with Crippen LogP contribution in [-0.4, -0.2) is 26.6 Å². The quantitative estimate of drug-likeness (QED) is 0.876. The number of aryl methyl sites for hydroxylation is 1. The Labute approximate surface area is 101 Å². The molecule has 1 N–H and O–H groups in total. The van der Waals surface area contributed by atoms with Crippen molar-refractivity contribution in [3.05, 3.63) is 29.6 Å². The average Bonchev–Trinajstić information content (AvgIpc) is 2.69. The number of rotatable bonds is 3. The predicted octanol–water partition coefficient (Wildman–Crippen LogP) is 1.88. The fourth-order valence-corrected chi connectivity index (χ4v) is 1.86. The highest BCUT2D eigenvalue weighted by Crippen LogP contribution is 2.21. The topological polar surface area (TPSA) is 55.6 Å². The molecule has 0 amide bonds. The van der Waals surface area contributed by atoms with E-state index in [4.69, 9.17) is 0 Å². The fraction of sp³-hybridized carbons (Fsp3) is 0.417. The van der Waals surface area contributed by atoms with Crippen LogP contribution in [0.3, 0.4) is 0 Å². The zero-order valence-corrected chi connectivity index (χ0v) is 10.7. The summed E-state index contributed by atoms with van der Waals surface area (Å²) in [5.74, 6) is 1.79. The molecule has 5 nitrogen and oxygen atoms in total. The summed E-state index contributed by atoms with van der Waals surface area (Å²) in [6.45, 7) is 6.14. The first-order chi connectivity index (χ1) is 8.19. The minimum Gasteiger partial charge on any atom is -0.373 e. The van der Waals surface area contributed by atoms with Crippen LogP contribution in [0, 0.1) is 13.8 Å². The Hall–Kier alpha value is -1.91. The van der Waals surface area contributed by atoms with Crippen molar-refractivity contribution in [3.63, 3.8) is 0 Å². The molecule has 5 heteroatoms. The largest absolute Gasteiger partial charge is 0.373 e. The van der Waals surface area contributed by atoms with E-state index in [1.165, 1.54) is 0 Å². The van der Waals surface area contributed by atoms with Gasteiger partial charge in [0.1, 0.15) is 24.3 Å². The third kappa shape index (κ3) is 1.88. The van der Waals surface area contributed by atoms with Crippen LogP contribution in [0.4, 0.5) is 5.82 Å². The van der Waals surface area contributed by atoms with Gasteiger partial charge in [-0.25, -0.2) is 15.0 Å². The number of hydrogen-bond donors (Lipinski definition) is 1. The Bertz CT molecular complexity index is 530. The van der Waals surface area contributed by atoms with Gasteiger partial charge in [0, 0.05) is 18.3 Å². The molecule has 0 aliphatic carbocycles. The van der Waals surface area contributed by atoms with Crippen molar-refractivity contribution < 1.29 is 0 Å². The molecular weight excluding hydrogens is 214 g/mol. The molecule has 0 aliphatic rings. The first-order valence-electron chi connectivity index (χ1n) is 5.71. The maximum absolute atomic E-state index is 4.37. The van der Waals surface area contributed by atoms with Crippen LogP contribution >= 0.6 is 0 Å². The molecule has 0 radical (unpaired) electrons. The van der Waals surface area contributed by atoms with Gasteiger partial charge in [0.25, 0.3) is 0 Å². The second-order valence-electron chi connectivity index (χ2n) is 3.91. The van der Waals surface area contributed by atoms with Crippen molar-refractivity contribution in [2.45, 2.75) is 27.2 Å². The fourth-order valence-electron chi connectivity index (χ4n) is 1.86. The number of imidazole rings is 1. The van der Waals surface area contributed by atoms with Gasteiger partial charge in [0.2, 0.25) is 0 Å². The third-order valence-electron chi connectivity index (χ3n) is 2.99. The highest BCUT2D eigenvalue weighted by Gasteiger charge is 2.13. The van der Waals surface area contributed by atoms with Crippen LogP contribution in [0.25, 0.3) is 5.82 Å². The smallest absolute Gasteiger partial charge is 0.146 e. The van der Waals surface area contributed by atoms with Gasteiger partial charge in [-0.05, 0) is 20.3 Å². The number of anilines is 1. The van der Waals surface area contributed by atoms with E-state index in [2.05, 4.69) is 27.2 Å². The summed E-state index contributed by atoms with van der Waals surface area (Å²) in [6, 6.07) is 0.